The van der Waals surface area contributed by atoms with Crippen molar-refractivity contribution < 1.29 is 9.53 Å². The van der Waals surface area contributed by atoms with Gasteiger partial charge >= 0.3 is 0 Å². The number of nitrogens with zero attached hydrogens (tertiary/aromatic N) is 2. The molecule has 0 unspecified atom stereocenters. The van der Waals surface area contributed by atoms with Crippen LogP contribution < -0.4 is 4.90 Å². The predicted octanol–water partition coefficient (Wildman–Crippen LogP) is 5.32. The van der Waals surface area contributed by atoms with Gasteiger partial charge in [0.2, 0.25) is 0 Å². The van der Waals surface area contributed by atoms with E-state index in [2.05, 4.69) is 58.3 Å². The molecule has 2 bridgehead atoms. The average molecular weight is 447 g/mol. The SMILES string of the molecule is O=C(C[C@@H]1CN2CCC1CC2)c1cc2cccc(-c3cccc(N4CCOCC4)c3)c2s1. The number of carbonyl (C=O) groups excluding carboxylic acids is 1. The molecule has 32 heavy (non-hydrogen) atoms. The molecule has 0 aliphatic carbocycles. The van der Waals surface area contributed by atoms with Crippen molar-refractivity contribution in [2.45, 2.75) is 19.3 Å². The highest BCUT2D eigenvalue weighted by Crippen LogP contribution is 2.39. The van der Waals surface area contributed by atoms with Crippen molar-refractivity contribution in [2.75, 3.05) is 50.8 Å². The van der Waals surface area contributed by atoms with Gasteiger partial charge in [-0.25, -0.2) is 0 Å². The van der Waals surface area contributed by atoms with Gasteiger partial charge < -0.3 is 14.5 Å². The van der Waals surface area contributed by atoms with Gasteiger partial charge in [0.25, 0.3) is 0 Å². The summed E-state index contributed by atoms with van der Waals surface area (Å²) in [4.78, 5) is 19.1. The first-order valence-corrected chi connectivity index (χ1v) is 12.8. The summed E-state index contributed by atoms with van der Waals surface area (Å²) in [6.07, 6.45) is 3.25. The van der Waals surface area contributed by atoms with Crippen LogP contribution in [0.3, 0.4) is 0 Å². The van der Waals surface area contributed by atoms with Crippen LogP contribution in [0, 0.1) is 11.8 Å². The topological polar surface area (TPSA) is 32.8 Å². The summed E-state index contributed by atoms with van der Waals surface area (Å²) in [6.45, 7) is 7.01. The normalized spacial score (nSPS) is 25.4. The van der Waals surface area contributed by atoms with Crippen molar-refractivity contribution in [2.24, 2.45) is 11.8 Å². The molecule has 3 aromatic rings. The van der Waals surface area contributed by atoms with Crippen molar-refractivity contribution in [3.8, 4) is 11.1 Å². The molecule has 2 aromatic carbocycles. The van der Waals surface area contributed by atoms with Crippen LogP contribution in [-0.2, 0) is 4.74 Å². The number of benzene rings is 2. The summed E-state index contributed by atoms with van der Waals surface area (Å²) in [7, 11) is 0. The van der Waals surface area contributed by atoms with E-state index >= 15 is 0 Å². The van der Waals surface area contributed by atoms with Crippen LogP contribution >= 0.6 is 11.3 Å². The number of anilines is 1. The zero-order valence-electron chi connectivity index (χ0n) is 18.5. The molecule has 1 atom stereocenters. The lowest BCUT2D eigenvalue weighted by Gasteiger charge is -2.44. The van der Waals surface area contributed by atoms with E-state index in [1.807, 2.05) is 0 Å². The molecule has 0 amide bonds. The maximum atomic E-state index is 13.2. The lowest BCUT2D eigenvalue weighted by atomic mass is 9.76. The number of morpholine rings is 1. The Balaban J connectivity index is 1.27. The fourth-order valence-electron chi connectivity index (χ4n) is 5.78. The number of rotatable bonds is 5. The Morgan fingerprint density at radius 2 is 1.81 bits per heavy atom. The number of carbonyl (C=O) groups is 1. The van der Waals surface area contributed by atoms with Gasteiger partial charge in [-0.1, -0.05) is 30.3 Å². The summed E-state index contributed by atoms with van der Waals surface area (Å²) in [5.41, 5.74) is 3.69. The van der Waals surface area contributed by atoms with E-state index in [9.17, 15) is 4.79 Å². The molecule has 4 fully saturated rings. The number of fused-ring (bicyclic) bond motifs is 4. The fraction of sp³-hybridized carbons (Fsp3) is 0.444. The van der Waals surface area contributed by atoms with E-state index in [4.69, 9.17) is 4.74 Å². The third-order valence-electron chi connectivity index (χ3n) is 7.59. The van der Waals surface area contributed by atoms with Crippen LogP contribution in [0.1, 0.15) is 28.9 Å². The van der Waals surface area contributed by atoms with Gasteiger partial charge in [0.1, 0.15) is 0 Å². The Bertz CT molecular complexity index is 1130. The van der Waals surface area contributed by atoms with Gasteiger partial charge in [0.15, 0.2) is 5.78 Å². The number of piperidine rings is 3. The predicted molar refractivity (Wildman–Crippen MR) is 132 cm³/mol. The van der Waals surface area contributed by atoms with Crippen LogP contribution in [0.4, 0.5) is 5.69 Å². The van der Waals surface area contributed by atoms with Gasteiger partial charge in [-0.3, -0.25) is 4.79 Å². The Morgan fingerprint density at radius 3 is 2.59 bits per heavy atom. The minimum Gasteiger partial charge on any atom is -0.378 e. The second-order valence-corrected chi connectivity index (χ2v) is 10.6. The second-order valence-electron chi connectivity index (χ2n) is 9.51. The molecule has 1 aromatic heterocycles. The maximum absolute atomic E-state index is 13.2. The van der Waals surface area contributed by atoms with Gasteiger partial charge in [-0.05, 0) is 72.5 Å². The van der Waals surface area contributed by atoms with E-state index in [0.29, 0.717) is 18.1 Å². The molecule has 0 saturated carbocycles. The Morgan fingerprint density at radius 1 is 1.00 bits per heavy atom. The minimum absolute atomic E-state index is 0.331. The number of ether oxygens (including phenoxy) is 1. The molecule has 5 heterocycles. The molecule has 4 aliphatic rings. The minimum atomic E-state index is 0.331. The molecule has 7 rings (SSSR count). The standard InChI is InChI=1S/C27H30N2O2S/c30-25(16-22-18-28-9-7-19(22)8-10-28)26-17-21-4-2-6-24(27(21)32-26)20-3-1-5-23(15-20)29-11-13-31-14-12-29/h1-6,15,17,19,22H,7-14,16,18H2/t22-/m1/s1. The van der Waals surface area contributed by atoms with Crippen molar-refractivity contribution in [3.63, 3.8) is 0 Å². The molecule has 4 nitrogen and oxygen atoms in total. The van der Waals surface area contributed by atoms with Crippen molar-refractivity contribution in [1.82, 2.24) is 4.90 Å². The van der Waals surface area contributed by atoms with Crippen LogP contribution in [0.25, 0.3) is 21.2 Å². The number of ketones is 1. The number of Topliss-reactive ketones (excluding diaryl/α,β-unsaturated/α-hetero) is 1. The zero-order chi connectivity index (χ0) is 21.5. The quantitative estimate of drug-likeness (QED) is 0.497. The highest BCUT2D eigenvalue weighted by molar-refractivity contribution is 7.21. The molecular weight excluding hydrogens is 416 g/mol. The van der Waals surface area contributed by atoms with E-state index in [1.165, 1.54) is 52.8 Å². The monoisotopic (exact) mass is 446 g/mol. The van der Waals surface area contributed by atoms with E-state index < -0.39 is 0 Å². The highest BCUT2D eigenvalue weighted by Gasteiger charge is 2.35. The average Bonchev–Trinajstić information content (AvgIpc) is 3.30. The number of thiophene rings is 1. The first-order valence-electron chi connectivity index (χ1n) is 12.0. The van der Waals surface area contributed by atoms with Gasteiger partial charge in [0, 0.05) is 36.4 Å². The molecule has 166 valence electrons. The summed E-state index contributed by atoms with van der Waals surface area (Å²) < 4.78 is 6.74. The van der Waals surface area contributed by atoms with Crippen LogP contribution in [0.15, 0.2) is 48.5 Å². The summed E-state index contributed by atoms with van der Waals surface area (Å²) in [5.74, 6) is 1.62. The first kappa shape index (κ1) is 20.4. The molecule has 5 heteroatoms. The maximum Gasteiger partial charge on any atom is 0.173 e. The Kier molecular flexibility index (Phi) is 5.49. The van der Waals surface area contributed by atoms with Crippen LogP contribution in [-0.4, -0.2) is 56.6 Å². The van der Waals surface area contributed by atoms with Gasteiger partial charge in [-0.2, -0.15) is 0 Å². The Hall–Kier alpha value is -2.21. The molecule has 4 aliphatic heterocycles. The van der Waals surface area contributed by atoms with Crippen LogP contribution in [0.5, 0.6) is 0 Å². The van der Waals surface area contributed by atoms with Gasteiger partial charge in [0.05, 0.1) is 18.1 Å². The van der Waals surface area contributed by atoms with Crippen molar-refractivity contribution >= 4 is 32.9 Å². The number of hydrogen-bond acceptors (Lipinski definition) is 5. The smallest absolute Gasteiger partial charge is 0.173 e. The molecule has 0 radical (unpaired) electrons. The van der Waals surface area contributed by atoms with Crippen LogP contribution in [0.2, 0.25) is 0 Å². The largest absolute Gasteiger partial charge is 0.378 e. The summed E-state index contributed by atoms with van der Waals surface area (Å²) in [5, 5.41) is 1.18. The number of hydrogen-bond donors (Lipinski definition) is 0. The van der Waals surface area contributed by atoms with Crippen molar-refractivity contribution in [1.29, 1.82) is 0 Å². The molecule has 0 spiro atoms. The summed E-state index contributed by atoms with van der Waals surface area (Å²) >= 11 is 1.68. The lowest BCUT2D eigenvalue weighted by molar-refractivity contribution is 0.0442. The first-order chi connectivity index (χ1) is 15.7. The molecular formula is C27H30N2O2S. The van der Waals surface area contributed by atoms with E-state index in [1.54, 1.807) is 11.3 Å². The third kappa shape index (κ3) is 3.87. The second kappa shape index (κ2) is 8.62. The summed E-state index contributed by atoms with van der Waals surface area (Å²) in [6, 6.07) is 17.4. The van der Waals surface area contributed by atoms with Gasteiger partial charge in [-0.15, -0.1) is 11.3 Å². The third-order valence-corrected chi connectivity index (χ3v) is 8.82. The Labute approximate surface area is 193 Å². The molecule has 4 saturated heterocycles. The molecule has 0 N–H and O–H groups in total. The fourth-order valence-corrected chi connectivity index (χ4v) is 6.92. The van der Waals surface area contributed by atoms with E-state index in [-0.39, 0.29) is 0 Å². The van der Waals surface area contributed by atoms with E-state index in [0.717, 1.165) is 43.6 Å². The van der Waals surface area contributed by atoms with Crippen molar-refractivity contribution in [3.05, 3.63) is 53.4 Å². The highest BCUT2D eigenvalue weighted by atomic mass is 32.1. The zero-order valence-corrected chi connectivity index (χ0v) is 19.3. The lowest BCUT2D eigenvalue weighted by Crippen LogP contribution is -2.47.